The van der Waals surface area contributed by atoms with Gasteiger partial charge >= 0.3 is 0 Å². The van der Waals surface area contributed by atoms with Gasteiger partial charge in [-0.1, -0.05) is 33.8 Å². The molecule has 1 aromatic carbocycles. The molecule has 0 radical (unpaired) electrons. The molecule has 0 unspecified atom stereocenters. The van der Waals surface area contributed by atoms with Crippen molar-refractivity contribution in [3.05, 3.63) is 47.0 Å². The average molecular weight is 387 g/mol. The number of hydrogen-bond acceptors (Lipinski definition) is 3. The van der Waals surface area contributed by atoms with Gasteiger partial charge in [0, 0.05) is 26.2 Å². The van der Waals surface area contributed by atoms with E-state index in [0.29, 0.717) is 23.6 Å². The maximum atomic E-state index is 13.8. The van der Waals surface area contributed by atoms with Crippen molar-refractivity contribution in [1.29, 1.82) is 0 Å². The summed E-state index contributed by atoms with van der Waals surface area (Å²) in [5, 5.41) is 4.77. The van der Waals surface area contributed by atoms with Crippen molar-refractivity contribution in [1.82, 2.24) is 19.6 Å². The lowest BCUT2D eigenvalue weighted by Gasteiger charge is -2.34. The molecule has 28 heavy (non-hydrogen) atoms. The van der Waals surface area contributed by atoms with Crippen molar-refractivity contribution >= 4 is 5.91 Å². The Labute approximate surface area is 167 Å². The van der Waals surface area contributed by atoms with Crippen LogP contribution < -0.4 is 0 Å². The summed E-state index contributed by atoms with van der Waals surface area (Å²) in [4.78, 5) is 17.8. The zero-order valence-electron chi connectivity index (χ0n) is 17.4. The molecule has 2 heterocycles. The summed E-state index contributed by atoms with van der Waals surface area (Å²) >= 11 is 0. The number of nitrogens with zero attached hydrogens (tertiary/aromatic N) is 4. The molecule has 3 rings (SSSR count). The fourth-order valence-corrected chi connectivity index (χ4v) is 3.85. The maximum Gasteiger partial charge on any atom is 0.257 e. The average Bonchev–Trinajstić information content (AvgIpc) is 3.05. The van der Waals surface area contributed by atoms with Crippen LogP contribution in [0.15, 0.2) is 24.3 Å². The van der Waals surface area contributed by atoms with Crippen LogP contribution in [-0.4, -0.2) is 58.2 Å². The second-order valence-corrected chi connectivity index (χ2v) is 7.84. The molecule has 0 aliphatic carbocycles. The predicted octanol–water partition coefficient (Wildman–Crippen LogP) is 3.55. The largest absolute Gasteiger partial charge is 0.336 e. The third-order valence-corrected chi connectivity index (χ3v) is 5.36. The number of rotatable bonds is 6. The van der Waals surface area contributed by atoms with Gasteiger partial charge in [-0.15, -0.1) is 0 Å². The second-order valence-electron chi connectivity index (χ2n) is 7.84. The quantitative estimate of drug-likeness (QED) is 0.762. The first-order valence-electron chi connectivity index (χ1n) is 10.3. The first-order chi connectivity index (χ1) is 13.4. The zero-order chi connectivity index (χ0) is 20.3. The Bertz CT molecular complexity index is 822. The van der Waals surface area contributed by atoms with E-state index in [2.05, 4.69) is 25.7 Å². The first-order valence-corrected chi connectivity index (χ1v) is 10.3. The molecule has 2 aromatic rings. The Morgan fingerprint density at radius 1 is 1.18 bits per heavy atom. The van der Waals surface area contributed by atoms with E-state index in [-0.39, 0.29) is 11.7 Å². The fraction of sp³-hybridized carbons (Fsp3) is 0.545. The number of carbonyl (C=O) groups is 1. The molecule has 0 saturated carbocycles. The van der Waals surface area contributed by atoms with E-state index in [0.717, 1.165) is 50.5 Å². The monoisotopic (exact) mass is 386 g/mol. The van der Waals surface area contributed by atoms with Gasteiger partial charge in [-0.3, -0.25) is 4.79 Å². The lowest BCUT2D eigenvalue weighted by Crippen LogP contribution is -2.48. The summed E-state index contributed by atoms with van der Waals surface area (Å²) < 4.78 is 15.6. The zero-order valence-corrected chi connectivity index (χ0v) is 17.4. The Morgan fingerprint density at radius 2 is 1.89 bits per heavy atom. The highest BCUT2D eigenvalue weighted by Gasteiger charge is 2.29. The number of halogens is 1. The van der Waals surface area contributed by atoms with Gasteiger partial charge in [-0.25, -0.2) is 9.07 Å². The molecular formula is C22H31FN4O. The van der Waals surface area contributed by atoms with Crippen LogP contribution in [0.4, 0.5) is 4.39 Å². The van der Waals surface area contributed by atoms with Gasteiger partial charge in [0.05, 0.1) is 22.6 Å². The van der Waals surface area contributed by atoms with Crippen molar-refractivity contribution in [2.75, 3.05) is 32.7 Å². The molecule has 1 aliphatic rings. The Hall–Kier alpha value is -2.21. The molecular weight excluding hydrogens is 355 g/mol. The molecule has 0 bridgehead atoms. The number of hydrogen-bond donors (Lipinski definition) is 0. The lowest BCUT2D eigenvalue weighted by atomic mass is 10.0. The van der Waals surface area contributed by atoms with Crippen LogP contribution in [0, 0.1) is 11.7 Å². The Morgan fingerprint density at radius 3 is 2.46 bits per heavy atom. The molecule has 0 atom stereocenters. The molecule has 1 saturated heterocycles. The molecule has 1 fully saturated rings. The molecule has 5 nitrogen and oxygen atoms in total. The van der Waals surface area contributed by atoms with E-state index in [1.54, 1.807) is 10.7 Å². The molecule has 152 valence electrons. The van der Waals surface area contributed by atoms with Crippen LogP contribution in [0.3, 0.4) is 0 Å². The highest BCUT2D eigenvalue weighted by molar-refractivity contribution is 5.97. The van der Waals surface area contributed by atoms with Crippen molar-refractivity contribution in [3.8, 4) is 5.69 Å². The van der Waals surface area contributed by atoms with Crippen LogP contribution in [-0.2, 0) is 12.8 Å². The topological polar surface area (TPSA) is 41.4 Å². The molecule has 1 aromatic heterocycles. The fourth-order valence-electron chi connectivity index (χ4n) is 3.85. The van der Waals surface area contributed by atoms with E-state index in [4.69, 9.17) is 5.10 Å². The van der Waals surface area contributed by atoms with Crippen LogP contribution in [0.1, 0.15) is 49.4 Å². The first kappa shape index (κ1) is 20.5. The SMILES string of the molecule is CCc1c(C(=O)N2CCN(CC)CC2)c(CC(C)C)nn1-c1cccc(F)c1. The number of likely N-dealkylation sites (N-methyl/N-ethyl adjacent to an activating group) is 1. The van der Waals surface area contributed by atoms with Gasteiger partial charge in [-0.2, -0.15) is 5.10 Å². The number of aromatic nitrogens is 2. The third kappa shape index (κ3) is 4.27. The lowest BCUT2D eigenvalue weighted by molar-refractivity contribution is 0.0641. The summed E-state index contributed by atoms with van der Waals surface area (Å²) in [6.07, 6.45) is 1.39. The minimum absolute atomic E-state index is 0.0610. The van der Waals surface area contributed by atoms with Gasteiger partial charge < -0.3 is 9.80 Å². The van der Waals surface area contributed by atoms with Crippen molar-refractivity contribution < 1.29 is 9.18 Å². The molecule has 0 N–H and O–H groups in total. The number of piperazine rings is 1. The van der Waals surface area contributed by atoms with Crippen molar-refractivity contribution in [3.63, 3.8) is 0 Å². The highest BCUT2D eigenvalue weighted by Crippen LogP contribution is 2.24. The third-order valence-electron chi connectivity index (χ3n) is 5.36. The normalized spacial score (nSPS) is 15.4. The van der Waals surface area contributed by atoms with Crippen LogP contribution in [0.5, 0.6) is 0 Å². The summed E-state index contributed by atoms with van der Waals surface area (Å²) in [7, 11) is 0. The molecule has 0 spiro atoms. The van der Waals surface area contributed by atoms with Crippen LogP contribution in [0.25, 0.3) is 5.69 Å². The van der Waals surface area contributed by atoms with Gasteiger partial charge in [0.25, 0.3) is 5.91 Å². The van der Waals surface area contributed by atoms with Gasteiger partial charge in [0.2, 0.25) is 0 Å². The summed E-state index contributed by atoms with van der Waals surface area (Å²) in [5.74, 6) is 0.138. The second kappa shape index (κ2) is 8.86. The van der Waals surface area contributed by atoms with E-state index in [1.807, 2.05) is 17.9 Å². The van der Waals surface area contributed by atoms with E-state index >= 15 is 0 Å². The van der Waals surface area contributed by atoms with E-state index < -0.39 is 0 Å². The standard InChI is InChI=1S/C22H31FN4O/c1-5-20-21(22(28)26-12-10-25(6-2)11-13-26)19(14-16(3)4)24-27(20)18-9-7-8-17(23)15-18/h7-9,15-16H,5-6,10-14H2,1-4H3. The summed E-state index contributed by atoms with van der Waals surface area (Å²) in [6, 6.07) is 6.41. The number of benzene rings is 1. The Balaban J connectivity index is 2.01. The highest BCUT2D eigenvalue weighted by atomic mass is 19.1. The summed E-state index contributed by atoms with van der Waals surface area (Å²) in [6.45, 7) is 12.7. The van der Waals surface area contributed by atoms with Crippen LogP contribution in [0.2, 0.25) is 0 Å². The van der Waals surface area contributed by atoms with Crippen molar-refractivity contribution in [2.24, 2.45) is 5.92 Å². The minimum Gasteiger partial charge on any atom is -0.336 e. The Kier molecular flexibility index (Phi) is 6.50. The van der Waals surface area contributed by atoms with Gasteiger partial charge in [-0.05, 0) is 43.5 Å². The van der Waals surface area contributed by atoms with Crippen LogP contribution >= 0.6 is 0 Å². The van der Waals surface area contributed by atoms with E-state index in [9.17, 15) is 9.18 Å². The van der Waals surface area contributed by atoms with Gasteiger partial charge in [0.1, 0.15) is 5.82 Å². The summed E-state index contributed by atoms with van der Waals surface area (Å²) in [5.41, 5.74) is 3.06. The van der Waals surface area contributed by atoms with Gasteiger partial charge in [0.15, 0.2) is 0 Å². The molecule has 1 aliphatic heterocycles. The maximum absolute atomic E-state index is 13.8. The minimum atomic E-state index is -0.302. The molecule has 1 amide bonds. The van der Waals surface area contributed by atoms with E-state index in [1.165, 1.54) is 12.1 Å². The predicted molar refractivity (Wildman–Crippen MR) is 109 cm³/mol. The molecule has 6 heteroatoms. The van der Waals surface area contributed by atoms with Crippen molar-refractivity contribution in [2.45, 2.75) is 40.5 Å². The number of carbonyl (C=O) groups excluding carboxylic acids is 1. The smallest absolute Gasteiger partial charge is 0.257 e. The number of amides is 1.